The fourth-order valence-electron chi connectivity index (χ4n) is 1.17. The number of aromatic nitrogens is 2. The van der Waals surface area contributed by atoms with Gasteiger partial charge in [0.25, 0.3) is 0 Å². The minimum absolute atomic E-state index is 0. The van der Waals surface area contributed by atoms with Gasteiger partial charge in [0.05, 0.1) is 23.5 Å². The Morgan fingerprint density at radius 2 is 1.16 bits per heavy atom. The van der Waals surface area contributed by atoms with E-state index in [9.17, 15) is 0 Å². The third-order valence-corrected chi connectivity index (χ3v) is 2.28. The van der Waals surface area contributed by atoms with Crippen LogP contribution in [0.4, 0.5) is 0 Å². The van der Waals surface area contributed by atoms with E-state index in [2.05, 4.69) is 9.97 Å². The first-order valence-electron chi connectivity index (χ1n) is 5.22. The first-order valence-corrected chi connectivity index (χ1v) is 5.22. The van der Waals surface area contributed by atoms with E-state index in [0.29, 0.717) is 11.4 Å². The van der Waals surface area contributed by atoms with Gasteiger partial charge in [-0.1, -0.05) is 0 Å². The van der Waals surface area contributed by atoms with E-state index in [4.69, 9.17) is 19.8 Å². The van der Waals surface area contributed by atoms with Crippen LogP contribution in [0.5, 0.6) is 11.5 Å². The predicted octanol–water partition coefficient (Wildman–Crippen LogP) is 0.0641. The normalized spacial score (nSPS) is 8.95. The smallest absolute Gasteiger partial charge is 0.384 e. The van der Waals surface area contributed by atoms with E-state index in [1.165, 1.54) is 12.1 Å². The second kappa shape index (κ2) is 7.44. The van der Waals surface area contributed by atoms with Crippen LogP contribution in [0, 0.1) is 13.8 Å². The fraction of sp³-hybridized carbons (Fsp3) is 0.167. The Kier molecular flexibility index (Phi) is 6.66. The number of H-pyrrole nitrogens is 2. The molecule has 0 aromatic carbocycles. The minimum atomic E-state index is -0.0914. The Bertz CT molecular complexity index is 591. The number of aryl methyl sites for hydroxylation is 2. The minimum Gasteiger partial charge on any atom is -0.499 e. The molecule has 0 unspecified atom stereocenters. The molecule has 0 atom stereocenters. The van der Waals surface area contributed by atoms with Crippen molar-refractivity contribution in [1.29, 1.82) is 0 Å². The molecule has 2 rings (SSSR count). The molecule has 0 aliphatic heterocycles. The standard InChI is InChI=1S/2C6H7NO2.Co/c2*1-4-6(9)5(8)2-3-7-4;/h2*2-3,9H,1H3,(H,7,8);/p+2. The van der Waals surface area contributed by atoms with Crippen LogP contribution >= 0.6 is 0 Å². The van der Waals surface area contributed by atoms with Gasteiger partial charge in [0.2, 0.25) is 11.5 Å². The molecule has 2 aromatic heterocycles. The van der Waals surface area contributed by atoms with Crippen molar-refractivity contribution in [3.05, 3.63) is 46.8 Å². The number of nitrogens with one attached hydrogen (secondary N) is 2. The third-order valence-electron chi connectivity index (χ3n) is 2.28. The summed E-state index contributed by atoms with van der Waals surface area (Å²) in [7, 11) is 0. The summed E-state index contributed by atoms with van der Waals surface area (Å²) in [6, 6.07) is 2.78. The van der Waals surface area contributed by atoms with Crippen LogP contribution in [0.1, 0.15) is 11.4 Å². The van der Waals surface area contributed by atoms with Gasteiger partial charge >= 0.3 is 10.9 Å². The summed E-state index contributed by atoms with van der Waals surface area (Å²) < 4.78 is 0. The SMILES string of the molecule is Cc1[nH]ccc(=[OH+])c1O.Cc1[nH]ccc(=[OH+])c1O.[Co]. The number of aromatic amines is 2. The van der Waals surface area contributed by atoms with E-state index < -0.39 is 0 Å². The molecular formula is C12H16CoN2O4+2. The van der Waals surface area contributed by atoms with E-state index in [0.717, 1.165) is 0 Å². The summed E-state index contributed by atoms with van der Waals surface area (Å²) >= 11 is 0. The zero-order chi connectivity index (χ0) is 13.7. The maximum absolute atomic E-state index is 8.93. The van der Waals surface area contributed by atoms with Gasteiger partial charge in [0.1, 0.15) is 0 Å². The van der Waals surface area contributed by atoms with Gasteiger partial charge in [-0.15, -0.1) is 0 Å². The molecule has 6 N–H and O–H groups in total. The molecule has 0 saturated heterocycles. The molecule has 19 heavy (non-hydrogen) atoms. The van der Waals surface area contributed by atoms with E-state index in [-0.39, 0.29) is 39.1 Å². The van der Waals surface area contributed by atoms with Crippen molar-refractivity contribution < 1.29 is 36.6 Å². The van der Waals surface area contributed by atoms with Gasteiger partial charge in [-0.2, -0.15) is 0 Å². The van der Waals surface area contributed by atoms with Crippen LogP contribution in [0.15, 0.2) is 24.5 Å². The third kappa shape index (κ3) is 4.64. The number of rotatable bonds is 0. The largest absolute Gasteiger partial charge is 0.499 e. The Labute approximate surface area is 119 Å². The van der Waals surface area contributed by atoms with Crippen molar-refractivity contribution in [2.24, 2.45) is 0 Å². The van der Waals surface area contributed by atoms with Crippen molar-refractivity contribution in [3.63, 3.8) is 0 Å². The average molecular weight is 311 g/mol. The topological polar surface area (TPSA) is 115 Å². The van der Waals surface area contributed by atoms with Crippen molar-refractivity contribution in [1.82, 2.24) is 9.97 Å². The molecule has 0 fully saturated rings. The molecule has 7 heteroatoms. The summed E-state index contributed by atoms with van der Waals surface area (Å²) in [5.74, 6) is -0.171. The Morgan fingerprint density at radius 3 is 1.37 bits per heavy atom. The fourth-order valence-corrected chi connectivity index (χ4v) is 1.17. The molecule has 2 aromatic rings. The van der Waals surface area contributed by atoms with Crippen molar-refractivity contribution in [2.45, 2.75) is 13.8 Å². The van der Waals surface area contributed by atoms with Crippen molar-refractivity contribution in [2.75, 3.05) is 0 Å². The van der Waals surface area contributed by atoms with E-state index in [1.54, 1.807) is 26.2 Å². The summed E-state index contributed by atoms with van der Waals surface area (Å²) in [4.78, 5) is 23.1. The van der Waals surface area contributed by atoms with Gasteiger partial charge in [0.15, 0.2) is 0 Å². The summed E-state index contributed by atoms with van der Waals surface area (Å²) in [5, 5.41) is 17.9. The summed E-state index contributed by atoms with van der Waals surface area (Å²) in [6.07, 6.45) is 3.12. The molecule has 0 aliphatic rings. The second-order valence-corrected chi connectivity index (χ2v) is 3.67. The maximum Gasteiger partial charge on any atom is 0.384 e. The summed E-state index contributed by atoms with van der Waals surface area (Å²) in [6.45, 7) is 3.35. The first-order chi connectivity index (χ1) is 8.43. The van der Waals surface area contributed by atoms with Gasteiger partial charge in [-0.3, -0.25) is 9.59 Å². The van der Waals surface area contributed by atoms with Crippen LogP contribution < -0.4 is 10.9 Å². The molecule has 105 valence electrons. The number of aromatic hydroxyl groups is 2. The molecule has 0 aliphatic carbocycles. The average Bonchev–Trinajstić information content (AvgIpc) is 2.34. The van der Waals surface area contributed by atoms with Gasteiger partial charge in [0, 0.05) is 29.2 Å². The van der Waals surface area contributed by atoms with E-state index in [1.807, 2.05) is 0 Å². The molecule has 0 spiro atoms. The molecule has 1 radical (unpaired) electrons. The predicted molar refractivity (Wildman–Crippen MR) is 64.5 cm³/mol. The van der Waals surface area contributed by atoms with Crippen molar-refractivity contribution >= 4 is 0 Å². The quantitative estimate of drug-likeness (QED) is 0.515. The van der Waals surface area contributed by atoms with Gasteiger partial charge in [-0.25, -0.2) is 0 Å². The second-order valence-electron chi connectivity index (χ2n) is 3.67. The monoisotopic (exact) mass is 311 g/mol. The zero-order valence-electron chi connectivity index (χ0n) is 10.4. The first kappa shape index (κ1) is 17.0. The van der Waals surface area contributed by atoms with Crippen LogP contribution in [0.3, 0.4) is 0 Å². The molecular weight excluding hydrogens is 295 g/mol. The van der Waals surface area contributed by atoms with Gasteiger partial charge < -0.3 is 20.2 Å². The van der Waals surface area contributed by atoms with Crippen LogP contribution in [-0.4, -0.2) is 29.8 Å². The molecule has 0 saturated carbocycles. The van der Waals surface area contributed by atoms with Crippen LogP contribution in [-0.2, 0) is 16.8 Å². The number of hydrogen-bond donors (Lipinski definition) is 4. The Balaban J connectivity index is 0.000000324. The Hall–Kier alpha value is -1.99. The molecule has 2 heterocycles. The van der Waals surface area contributed by atoms with Gasteiger partial charge in [-0.05, 0) is 13.8 Å². The van der Waals surface area contributed by atoms with E-state index >= 15 is 0 Å². The molecule has 0 amide bonds. The summed E-state index contributed by atoms with van der Waals surface area (Å²) in [5.41, 5.74) is 0.947. The maximum atomic E-state index is 8.93. The number of pyridine rings is 2. The molecule has 6 nitrogen and oxygen atoms in total. The molecule has 0 bridgehead atoms. The number of hydrogen-bond acceptors (Lipinski definition) is 2. The van der Waals surface area contributed by atoms with Crippen LogP contribution in [0.25, 0.3) is 0 Å². The Morgan fingerprint density at radius 1 is 0.842 bits per heavy atom. The van der Waals surface area contributed by atoms with Crippen LogP contribution in [0.2, 0.25) is 0 Å². The zero-order valence-corrected chi connectivity index (χ0v) is 11.5. The van der Waals surface area contributed by atoms with Crippen molar-refractivity contribution in [3.8, 4) is 11.5 Å².